The minimum atomic E-state index is -1.20. The zero-order valence-corrected chi connectivity index (χ0v) is 16.2. The standard InChI is InChI=1S/C23H23FO3/c1-13-12-15(14-6-9-16(24)10-7-14)8-11-17(13)18-19(25)22(2,3)21(27)23(4,5)20(18)26/h6-12,25H,1-5H3. The highest BCUT2D eigenvalue weighted by Gasteiger charge is 2.53. The quantitative estimate of drug-likeness (QED) is 0.736. The number of rotatable bonds is 2. The molecule has 0 amide bonds. The maximum absolute atomic E-state index is 13.2. The summed E-state index contributed by atoms with van der Waals surface area (Å²) in [7, 11) is 0. The fourth-order valence-electron chi connectivity index (χ4n) is 3.74. The van der Waals surface area contributed by atoms with E-state index in [1.165, 1.54) is 12.1 Å². The number of hydrogen-bond acceptors (Lipinski definition) is 3. The van der Waals surface area contributed by atoms with Crippen LogP contribution in [0.5, 0.6) is 0 Å². The van der Waals surface area contributed by atoms with Gasteiger partial charge in [-0.2, -0.15) is 0 Å². The third-order valence-electron chi connectivity index (χ3n) is 5.43. The van der Waals surface area contributed by atoms with Gasteiger partial charge in [-0.25, -0.2) is 4.39 Å². The van der Waals surface area contributed by atoms with Gasteiger partial charge in [-0.05, 0) is 69.0 Å². The van der Waals surface area contributed by atoms with E-state index < -0.39 is 10.8 Å². The molecule has 1 aliphatic carbocycles. The first-order chi connectivity index (χ1) is 12.5. The van der Waals surface area contributed by atoms with Gasteiger partial charge in [-0.3, -0.25) is 9.59 Å². The van der Waals surface area contributed by atoms with Crippen molar-refractivity contribution in [3.05, 3.63) is 65.2 Å². The summed E-state index contributed by atoms with van der Waals surface area (Å²) in [6, 6.07) is 11.7. The van der Waals surface area contributed by atoms with Crippen LogP contribution >= 0.6 is 0 Å². The van der Waals surface area contributed by atoms with Crippen LogP contribution in [-0.4, -0.2) is 16.7 Å². The van der Waals surface area contributed by atoms with Crippen molar-refractivity contribution in [3.8, 4) is 11.1 Å². The van der Waals surface area contributed by atoms with Gasteiger partial charge in [0.1, 0.15) is 11.6 Å². The van der Waals surface area contributed by atoms with Crippen LogP contribution in [0, 0.1) is 23.6 Å². The Morgan fingerprint density at radius 2 is 1.41 bits per heavy atom. The van der Waals surface area contributed by atoms with Gasteiger partial charge in [0.2, 0.25) is 0 Å². The number of allylic oxidation sites excluding steroid dienone is 2. The average molecular weight is 366 g/mol. The van der Waals surface area contributed by atoms with E-state index >= 15 is 0 Å². The summed E-state index contributed by atoms with van der Waals surface area (Å²) in [6.07, 6.45) is 0. The normalized spacial score (nSPS) is 18.7. The average Bonchev–Trinajstić information content (AvgIpc) is 2.61. The Labute approximate surface area is 158 Å². The molecule has 0 saturated heterocycles. The molecule has 4 heteroatoms. The summed E-state index contributed by atoms with van der Waals surface area (Å²) in [4.78, 5) is 25.7. The number of aryl methyl sites for hydroxylation is 1. The zero-order valence-electron chi connectivity index (χ0n) is 16.2. The first-order valence-corrected chi connectivity index (χ1v) is 8.88. The molecule has 0 heterocycles. The van der Waals surface area contributed by atoms with Crippen LogP contribution in [0.3, 0.4) is 0 Å². The molecule has 0 saturated carbocycles. The molecule has 0 aromatic heterocycles. The Hall–Kier alpha value is -2.75. The van der Waals surface area contributed by atoms with Gasteiger partial charge in [0.15, 0.2) is 11.6 Å². The lowest BCUT2D eigenvalue weighted by atomic mass is 9.62. The van der Waals surface area contributed by atoms with Gasteiger partial charge in [-0.1, -0.05) is 30.3 Å². The Morgan fingerprint density at radius 3 is 1.96 bits per heavy atom. The lowest BCUT2D eigenvalue weighted by Crippen LogP contribution is -2.48. The molecule has 0 fully saturated rings. The number of carbonyl (C=O) groups is 2. The van der Waals surface area contributed by atoms with Gasteiger partial charge in [-0.15, -0.1) is 0 Å². The van der Waals surface area contributed by atoms with Crippen LogP contribution in [0.15, 0.2) is 48.2 Å². The summed E-state index contributed by atoms with van der Waals surface area (Å²) in [5.74, 6) is -1.15. The number of carbonyl (C=O) groups excluding carboxylic acids is 2. The van der Waals surface area contributed by atoms with Crippen molar-refractivity contribution in [2.75, 3.05) is 0 Å². The van der Waals surface area contributed by atoms with Crippen molar-refractivity contribution < 1.29 is 19.1 Å². The molecule has 0 atom stereocenters. The van der Waals surface area contributed by atoms with E-state index in [1.54, 1.807) is 45.9 Å². The van der Waals surface area contributed by atoms with E-state index in [4.69, 9.17) is 0 Å². The lowest BCUT2D eigenvalue weighted by Gasteiger charge is -2.38. The number of ketones is 2. The summed E-state index contributed by atoms with van der Waals surface area (Å²) < 4.78 is 13.2. The van der Waals surface area contributed by atoms with Crippen LogP contribution in [0.25, 0.3) is 16.7 Å². The topological polar surface area (TPSA) is 54.4 Å². The van der Waals surface area contributed by atoms with E-state index in [-0.39, 0.29) is 28.7 Å². The number of hydrogen-bond donors (Lipinski definition) is 1. The number of Topliss-reactive ketones (excluding diaryl/α,β-unsaturated/α-hetero) is 2. The van der Waals surface area contributed by atoms with Gasteiger partial charge in [0.05, 0.1) is 16.4 Å². The predicted octanol–water partition coefficient (Wildman–Crippen LogP) is 5.27. The van der Waals surface area contributed by atoms with Crippen molar-refractivity contribution in [3.63, 3.8) is 0 Å². The third-order valence-corrected chi connectivity index (χ3v) is 5.43. The van der Waals surface area contributed by atoms with E-state index in [0.29, 0.717) is 5.56 Å². The smallest absolute Gasteiger partial charge is 0.179 e. The minimum absolute atomic E-state index is 0.186. The fraction of sp³-hybridized carbons (Fsp3) is 0.304. The second kappa shape index (κ2) is 6.15. The molecule has 0 bridgehead atoms. The monoisotopic (exact) mass is 366 g/mol. The molecule has 0 radical (unpaired) electrons. The van der Waals surface area contributed by atoms with Crippen LogP contribution in [0.1, 0.15) is 38.8 Å². The maximum atomic E-state index is 13.2. The number of aliphatic hydroxyl groups excluding tert-OH is 1. The maximum Gasteiger partial charge on any atom is 0.179 e. The second-order valence-electron chi connectivity index (χ2n) is 8.17. The minimum Gasteiger partial charge on any atom is -0.510 e. The Balaban J connectivity index is 2.16. The van der Waals surface area contributed by atoms with E-state index in [1.807, 2.05) is 19.1 Å². The van der Waals surface area contributed by atoms with E-state index in [0.717, 1.165) is 16.7 Å². The highest BCUT2D eigenvalue weighted by molar-refractivity contribution is 6.33. The summed E-state index contributed by atoms with van der Waals surface area (Å²) >= 11 is 0. The molecule has 2 aromatic carbocycles. The molecule has 3 nitrogen and oxygen atoms in total. The molecule has 0 spiro atoms. The van der Waals surface area contributed by atoms with Gasteiger partial charge in [0, 0.05) is 0 Å². The number of halogens is 1. The molecule has 0 aliphatic heterocycles. The van der Waals surface area contributed by atoms with Gasteiger partial charge >= 0.3 is 0 Å². The molecule has 2 aromatic rings. The van der Waals surface area contributed by atoms with Crippen molar-refractivity contribution in [2.24, 2.45) is 10.8 Å². The highest BCUT2D eigenvalue weighted by Crippen LogP contribution is 2.46. The summed E-state index contributed by atoms with van der Waals surface area (Å²) in [5.41, 5.74) is 1.02. The Morgan fingerprint density at radius 1 is 0.852 bits per heavy atom. The summed E-state index contributed by atoms with van der Waals surface area (Å²) in [5, 5.41) is 10.8. The SMILES string of the molecule is Cc1cc(-c2ccc(F)cc2)ccc1C1=C(O)C(C)(C)C(=O)C(C)(C)C1=O. The third kappa shape index (κ3) is 2.89. The largest absolute Gasteiger partial charge is 0.510 e. The number of benzene rings is 2. The van der Waals surface area contributed by atoms with Gasteiger partial charge in [0.25, 0.3) is 0 Å². The molecule has 3 rings (SSSR count). The fourth-order valence-corrected chi connectivity index (χ4v) is 3.74. The predicted molar refractivity (Wildman–Crippen MR) is 104 cm³/mol. The van der Waals surface area contributed by atoms with Crippen molar-refractivity contribution in [2.45, 2.75) is 34.6 Å². The van der Waals surface area contributed by atoms with Crippen molar-refractivity contribution in [1.82, 2.24) is 0 Å². The van der Waals surface area contributed by atoms with Crippen LogP contribution < -0.4 is 0 Å². The highest BCUT2D eigenvalue weighted by atomic mass is 19.1. The van der Waals surface area contributed by atoms with E-state index in [2.05, 4.69) is 0 Å². The molecule has 0 unspecified atom stereocenters. The van der Waals surface area contributed by atoms with Crippen LogP contribution in [0.4, 0.5) is 4.39 Å². The zero-order chi connectivity index (χ0) is 20.1. The molecular formula is C23H23FO3. The van der Waals surface area contributed by atoms with E-state index in [9.17, 15) is 19.1 Å². The molecular weight excluding hydrogens is 343 g/mol. The van der Waals surface area contributed by atoms with Crippen molar-refractivity contribution >= 4 is 17.1 Å². The first kappa shape index (κ1) is 19.0. The molecule has 27 heavy (non-hydrogen) atoms. The lowest BCUT2D eigenvalue weighted by molar-refractivity contribution is -0.143. The summed E-state index contributed by atoms with van der Waals surface area (Å²) in [6.45, 7) is 8.34. The Bertz CT molecular complexity index is 979. The van der Waals surface area contributed by atoms with Crippen molar-refractivity contribution in [1.29, 1.82) is 0 Å². The Kier molecular flexibility index (Phi) is 4.34. The van der Waals surface area contributed by atoms with Gasteiger partial charge < -0.3 is 5.11 Å². The molecule has 1 aliphatic rings. The van der Waals surface area contributed by atoms with Crippen LogP contribution in [0.2, 0.25) is 0 Å². The van der Waals surface area contributed by atoms with Crippen LogP contribution in [-0.2, 0) is 9.59 Å². The molecule has 1 N–H and O–H groups in total. The molecule has 140 valence electrons. The second-order valence-corrected chi connectivity index (χ2v) is 8.17. The number of aliphatic hydroxyl groups is 1. The first-order valence-electron chi connectivity index (χ1n) is 8.88.